The van der Waals surface area contributed by atoms with Crippen LogP contribution in [-0.4, -0.2) is 24.5 Å². The Labute approximate surface area is 127 Å². The molecule has 1 aromatic carbocycles. The minimum atomic E-state index is 0.438. The van der Waals surface area contributed by atoms with E-state index in [-0.39, 0.29) is 0 Å². The third-order valence-corrected chi connectivity index (χ3v) is 4.98. The molecule has 0 saturated carbocycles. The van der Waals surface area contributed by atoms with Crippen LogP contribution in [0.25, 0.3) is 0 Å². The van der Waals surface area contributed by atoms with Crippen LogP contribution in [0.5, 0.6) is 0 Å². The smallest absolute Gasteiger partial charge is 0.0673 e. The molecular weight excluding hydrogens is 266 g/mol. The Hall–Kier alpha value is -0.510. The molecule has 0 amide bonds. The molecule has 1 aliphatic heterocycles. The molecule has 0 aromatic heterocycles. The lowest BCUT2D eigenvalue weighted by atomic mass is 10.1. The number of thioether (sulfide) groups is 1. The highest BCUT2D eigenvalue weighted by Crippen LogP contribution is 2.27. The van der Waals surface area contributed by atoms with Crippen molar-refractivity contribution in [2.75, 3.05) is 12.3 Å². The second kappa shape index (κ2) is 8.06. The number of nitrogens with one attached hydrogen (secondary N) is 1. The Morgan fingerprint density at radius 3 is 2.65 bits per heavy atom. The van der Waals surface area contributed by atoms with Crippen LogP contribution < -0.4 is 5.32 Å². The van der Waals surface area contributed by atoms with Crippen molar-refractivity contribution in [3.63, 3.8) is 0 Å². The first-order valence-electron chi connectivity index (χ1n) is 7.80. The summed E-state index contributed by atoms with van der Waals surface area (Å²) in [4.78, 5) is 1.35. The zero-order valence-electron chi connectivity index (χ0n) is 12.9. The fourth-order valence-corrected chi connectivity index (χ4v) is 3.48. The van der Waals surface area contributed by atoms with Gasteiger partial charge in [0.25, 0.3) is 0 Å². The quantitative estimate of drug-likeness (QED) is 0.753. The van der Waals surface area contributed by atoms with E-state index < -0.39 is 0 Å². The molecule has 112 valence electrons. The van der Waals surface area contributed by atoms with E-state index in [4.69, 9.17) is 4.74 Å². The van der Waals surface area contributed by atoms with Gasteiger partial charge in [-0.1, -0.05) is 19.1 Å². The summed E-state index contributed by atoms with van der Waals surface area (Å²) in [5.74, 6) is 1.08. The lowest BCUT2D eigenvalue weighted by molar-refractivity contribution is 0.0700. The first-order chi connectivity index (χ1) is 9.69. The summed E-state index contributed by atoms with van der Waals surface area (Å²) in [5, 5.41) is 3.52. The van der Waals surface area contributed by atoms with Crippen molar-refractivity contribution in [3.05, 3.63) is 29.8 Å². The third kappa shape index (κ3) is 4.80. The normalized spacial score (nSPS) is 23.9. The van der Waals surface area contributed by atoms with Crippen molar-refractivity contribution in [2.45, 2.75) is 63.2 Å². The van der Waals surface area contributed by atoms with Crippen LogP contribution in [-0.2, 0) is 4.74 Å². The maximum absolute atomic E-state index is 5.86. The Balaban J connectivity index is 1.79. The second-order valence-electron chi connectivity index (χ2n) is 5.70. The molecule has 2 rings (SSSR count). The molecule has 3 atom stereocenters. The molecule has 0 aliphatic carbocycles. The molecule has 1 N–H and O–H groups in total. The molecular formula is C17H27NOS. The van der Waals surface area contributed by atoms with E-state index in [0.717, 1.165) is 12.3 Å². The SMILES string of the molecule is CCCNC(C)c1ccc(SCC2CCC(C)O2)cc1. The van der Waals surface area contributed by atoms with Gasteiger partial charge in [-0.25, -0.2) is 0 Å². The van der Waals surface area contributed by atoms with E-state index in [1.165, 1.54) is 29.7 Å². The van der Waals surface area contributed by atoms with Gasteiger partial charge in [0, 0.05) is 16.7 Å². The van der Waals surface area contributed by atoms with Crippen LogP contribution in [0, 0.1) is 0 Å². The summed E-state index contributed by atoms with van der Waals surface area (Å²) in [7, 11) is 0. The van der Waals surface area contributed by atoms with Crippen molar-refractivity contribution in [3.8, 4) is 0 Å². The molecule has 3 unspecified atom stereocenters. The minimum absolute atomic E-state index is 0.438. The molecule has 1 heterocycles. The van der Waals surface area contributed by atoms with E-state index in [0.29, 0.717) is 18.2 Å². The summed E-state index contributed by atoms with van der Waals surface area (Å²) in [6.45, 7) is 7.68. The summed E-state index contributed by atoms with van der Waals surface area (Å²) in [6, 6.07) is 9.40. The zero-order valence-corrected chi connectivity index (χ0v) is 13.7. The summed E-state index contributed by atoms with van der Waals surface area (Å²) < 4.78 is 5.86. The predicted octanol–water partition coefficient (Wildman–Crippen LogP) is 4.41. The number of hydrogen-bond acceptors (Lipinski definition) is 3. The van der Waals surface area contributed by atoms with Crippen LogP contribution in [0.15, 0.2) is 29.2 Å². The Bertz CT molecular complexity index is 392. The molecule has 0 bridgehead atoms. The van der Waals surface area contributed by atoms with Crippen molar-refractivity contribution in [1.29, 1.82) is 0 Å². The second-order valence-corrected chi connectivity index (χ2v) is 6.80. The minimum Gasteiger partial charge on any atom is -0.374 e. The molecule has 1 aromatic rings. The van der Waals surface area contributed by atoms with Crippen molar-refractivity contribution in [1.82, 2.24) is 5.32 Å². The van der Waals surface area contributed by atoms with Crippen LogP contribution in [0.1, 0.15) is 51.6 Å². The van der Waals surface area contributed by atoms with E-state index in [1.54, 1.807) is 0 Å². The van der Waals surface area contributed by atoms with Crippen LogP contribution in [0.2, 0.25) is 0 Å². The van der Waals surface area contributed by atoms with Gasteiger partial charge >= 0.3 is 0 Å². The first-order valence-corrected chi connectivity index (χ1v) is 8.79. The van der Waals surface area contributed by atoms with E-state index in [9.17, 15) is 0 Å². The van der Waals surface area contributed by atoms with E-state index in [2.05, 4.69) is 50.4 Å². The Morgan fingerprint density at radius 2 is 2.05 bits per heavy atom. The maximum Gasteiger partial charge on any atom is 0.0673 e. The topological polar surface area (TPSA) is 21.3 Å². The van der Waals surface area contributed by atoms with E-state index in [1.807, 2.05) is 11.8 Å². The van der Waals surface area contributed by atoms with Gasteiger partial charge < -0.3 is 10.1 Å². The van der Waals surface area contributed by atoms with Crippen molar-refractivity contribution in [2.24, 2.45) is 0 Å². The summed E-state index contributed by atoms with van der Waals surface area (Å²) in [5.41, 5.74) is 1.37. The van der Waals surface area contributed by atoms with Crippen LogP contribution in [0.4, 0.5) is 0 Å². The average molecular weight is 293 g/mol. The molecule has 1 fully saturated rings. The lowest BCUT2D eigenvalue weighted by Gasteiger charge is -2.14. The fourth-order valence-electron chi connectivity index (χ4n) is 2.53. The highest BCUT2D eigenvalue weighted by atomic mass is 32.2. The van der Waals surface area contributed by atoms with Gasteiger partial charge in [0.1, 0.15) is 0 Å². The van der Waals surface area contributed by atoms with Gasteiger partial charge in [0.05, 0.1) is 12.2 Å². The van der Waals surface area contributed by atoms with Gasteiger partial charge in [-0.15, -0.1) is 11.8 Å². The largest absolute Gasteiger partial charge is 0.374 e. The van der Waals surface area contributed by atoms with Gasteiger partial charge in [-0.05, 0) is 57.4 Å². The number of hydrogen-bond donors (Lipinski definition) is 1. The zero-order chi connectivity index (χ0) is 14.4. The molecule has 2 nitrogen and oxygen atoms in total. The van der Waals surface area contributed by atoms with E-state index >= 15 is 0 Å². The average Bonchev–Trinajstić information content (AvgIpc) is 2.89. The molecule has 0 radical (unpaired) electrons. The number of ether oxygens (including phenoxy) is 1. The Kier molecular flexibility index (Phi) is 6.40. The first kappa shape index (κ1) is 15.9. The van der Waals surface area contributed by atoms with Crippen molar-refractivity contribution < 1.29 is 4.74 Å². The van der Waals surface area contributed by atoms with Gasteiger partial charge in [-0.3, -0.25) is 0 Å². The molecule has 1 aliphatic rings. The molecule has 1 saturated heterocycles. The number of rotatable bonds is 7. The van der Waals surface area contributed by atoms with Crippen LogP contribution >= 0.6 is 11.8 Å². The third-order valence-electron chi connectivity index (χ3n) is 3.84. The van der Waals surface area contributed by atoms with Gasteiger partial charge in [-0.2, -0.15) is 0 Å². The van der Waals surface area contributed by atoms with Gasteiger partial charge in [0.2, 0.25) is 0 Å². The monoisotopic (exact) mass is 293 g/mol. The maximum atomic E-state index is 5.86. The highest BCUT2D eigenvalue weighted by Gasteiger charge is 2.21. The molecule has 3 heteroatoms. The standard InChI is InChI=1S/C17H27NOS/c1-4-11-18-14(3)15-6-9-17(10-7-15)20-12-16-8-5-13(2)19-16/h6-7,9-10,13-14,16,18H,4-5,8,11-12H2,1-3H3. The Morgan fingerprint density at radius 1 is 1.30 bits per heavy atom. The van der Waals surface area contributed by atoms with Crippen molar-refractivity contribution >= 4 is 11.8 Å². The lowest BCUT2D eigenvalue weighted by Crippen LogP contribution is -2.19. The summed E-state index contributed by atoms with van der Waals surface area (Å²) >= 11 is 1.91. The number of benzene rings is 1. The predicted molar refractivity (Wildman–Crippen MR) is 87.4 cm³/mol. The van der Waals surface area contributed by atoms with Gasteiger partial charge in [0.15, 0.2) is 0 Å². The molecule has 0 spiro atoms. The fraction of sp³-hybridized carbons (Fsp3) is 0.647. The summed E-state index contributed by atoms with van der Waals surface area (Å²) in [6.07, 6.45) is 4.50. The highest BCUT2D eigenvalue weighted by molar-refractivity contribution is 7.99. The molecule has 20 heavy (non-hydrogen) atoms. The van der Waals surface area contributed by atoms with Crippen LogP contribution in [0.3, 0.4) is 0 Å².